The summed E-state index contributed by atoms with van der Waals surface area (Å²) in [6, 6.07) is 6.08. The summed E-state index contributed by atoms with van der Waals surface area (Å²) < 4.78 is 11.2. The van der Waals surface area contributed by atoms with Gasteiger partial charge in [-0.3, -0.25) is 0 Å². The van der Waals surface area contributed by atoms with Gasteiger partial charge in [0.25, 0.3) is 0 Å². The highest BCUT2D eigenvalue weighted by Crippen LogP contribution is 2.36. The predicted molar refractivity (Wildman–Crippen MR) is 90.1 cm³/mol. The van der Waals surface area contributed by atoms with Gasteiger partial charge in [-0.15, -0.1) is 11.3 Å². The minimum atomic E-state index is 0.612. The first-order valence-corrected chi connectivity index (χ1v) is 8.66. The van der Waals surface area contributed by atoms with Crippen LogP contribution in [0.5, 0.6) is 11.5 Å². The van der Waals surface area contributed by atoms with Crippen molar-refractivity contribution in [3.05, 3.63) is 28.1 Å². The lowest BCUT2D eigenvalue weighted by molar-refractivity contribution is 0.171. The molecule has 4 nitrogen and oxygen atoms in total. The van der Waals surface area contributed by atoms with E-state index in [9.17, 15) is 0 Å². The summed E-state index contributed by atoms with van der Waals surface area (Å²) in [5, 5.41) is 4.61. The maximum absolute atomic E-state index is 5.66. The molecule has 1 aromatic carbocycles. The SMILES string of the molecule is CCCNCCc1nc(-c2ccc3c(c2)OCCO3)c(C)s1. The number of aryl methyl sites for hydroxylation is 1. The first-order valence-electron chi connectivity index (χ1n) is 7.85. The molecule has 0 atom stereocenters. The highest BCUT2D eigenvalue weighted by atomic mass is 32.1. The van der Waals surface area contributed by atoms with Gasteiger partial charge in [0, 0.05) is 23.4 Å². The van der Waals surface area contributed by atoms with Crippen molar-refractivity contribution in [2.75, 3.05) is 26.3 Å². The molecule has 22 heavy (non-hydrogen) atoms. The van der Waals surface area contributed by atoms with Gasteiger partial charge in [0.15, 0.2) is 11.5 Å². The monoisotopic (exact) mass is 318 g/mol. The molecule has 1 aromatic heterocycles. The Morgan fingerprint density at radius 3 is 2.82 bits per heavy atom. The van der Waals surface area contributed by atoms with Gasteiger partial charge in [-0.05, 0) is 38.1 Å². The maximum Gasteiger partial charge on any atom is 0.162 e. The Morgan fingerprint density at radius 1 is 1.18 bits per heavy atom. The van der Waals surface area contributed by atoms with E-state index in [0.717, 1.165) is 42.3 Å². The lowest BCUT2D eigenvalue weighted by Gasteiger charge is -2.18. The highest BCUT2D eigenvalue weighted by molar-refractivity contribution is 7.12. The second-order valence-electron chi connectivity index (χ2n) is 5.37. The quantitative estimate of drug-likeness (QED) is 0.829. The molecule has 0 bridgehead atoms. The van der Waals surface area contributed by atoms with Crippen LogP contribution in [0, 0.1) is 6.92 Å². The Hall–Kier alpha value is -1.59. The lowest BCUT2D eigenvalue weighted by atomic mass is 10.1. The average Bonchev–Trinajstić information content (AvgIpc) is 2.92. The first kappa shape index (κ1) is 15.3. The molecular weight excluding hydrogens is 296 g/mol. The Morgan fingerprint density at radius 2 is 2.00 bits per heavy atom. The third-order valence-electron chi connectivity index (χ3n) is 3.60. The van der Waals surface area contributed by atoms with Crippen molar-refractivity contribution in [3.8, 4) is 22.8 Å². The molecule has 1 aliphatic rings. The lowest BCUT2D eigenvalue weighted by Crippen LogP contribution is -2.17. The molecule has 0 radical (unpaired) electrons. The molecule has 0 unspecified atom stereocenters. The summed E-state index contributed by atoms with van der Waals surface area (Å²) in [5.41, 5.74) is 2.17. The minimum absolute atomic E-state index is 0.612. The zero-order valence-corrected chi connectivity index (χ0v) is 14.0. The summed E-state index contributed by atoms with van der Waals surface area (Å²) in [5.74, 6) is 1.65. The van der Waals surface area contributed by atoms with Gasteiger partial charge in [-0.25, -0.2) is 4.98 Å². The zero-order valence-electron chi connectivity index (χ0n) is 13.1. The van der Waals surface area contributed by atoms with E-state index < -0.39 is 0 Å². The number of benzene rings is 1. The molecule has 118 valence electrons. The van der Waals surface area contributed by atoms with Gasteiger partial charge >= 0.3 is 0 Å². The molecule has 1 N–H and O–H groups in total. The van der Waals surface area contributed by atoms with E-state index in [1.165, 1.54) is 16.3 Å². The molecule has 0 amide bonds. The van der Waals surface area contributed by atoms with Crippen LogP contribution in [-0.4, -0.2) is 31.3 Å². The Balaban J connectivity index is 1.75. The predicted octanol–water partition coefficient (Wildman–Crippen LogP) is 3.43. The standard InChI is InChI=1S/C17H22N2O2S/c1-3-7-18-8-6-16-19-17(12(2)22-16)13-4-5-14-15(11-13)21-10-9-20-14/h4-5,11,18H,3,6-10H2,1-2H3. The van der Waals surface area contributed by atoms with Gasteiger partial charge in [0.1, 0.15) is 13.2 Å². The smallest absolute Gasteiger partial charge is 0.162 e. The van der Waals surface area contributed by atoms with Crippen molar-refractivity contribution in [2.24, 2.45) is 0 Å². The topological polar surface area (TPSA) is 43.4 Å². The second kappa shape index (κ2) is 7.11. The van der Waals surface area contributed by atoms with Gasteiger partial charge in [-0.2, -0.15) is 0 Å². The van der Waals surface area contributed by atoms with Gasteiger partial charge in [0.2, 0.25) is 0 Å². The van der Waals surface area contributed by atoms with Crippen molar-refractivity contribution in [3.63, 3.8) is 0 Å². The van der Waals surface area contributed by atoms with Gasteiger partial charge in [-0.1, -0.05) is 6.92 Å². The van der Waals surface area contributed by atoms with Crippen LogP contribution in [-0.2, 0) is 6.42 Å². The maximum atomic E-state index is 5.66. The molecule has 2 aromatic rings. The summed E-state index contributed by atoms with van der Waals surface area (Å²) in [6.07, 6.45) is 2.15. The number of hydrogen-bond donors (Lipinski definition) is 1. The van der Waals surface area contributed by atoms with Crippen LogP contribution in [0.15, 0.2) is 18.2 Å². The normalized spacial score (nSPS) is 13.4. The highest BCUT2D eigenvalue weighted by Gasteiger charge is 2.15. The van der Waals surface area contributed by atoms with Crippen LogP contribution in [0.3, 0.4) is 0 Å². The molecule has 2 heterocycles. The fourth-order valence-electron chi connectivity index (χ4n) is 2.51. The summed E-state index contributed by atoms with van der Waals surface area (Å²) >= 11 is 1.78. The largest absolute Gasteiger partial charge is 0.486 e. The fourth-order valence-corrected chi connectivity index (χ4v) is 3.47. The van der Waals surface area contributed by atoms with Gasteiger partial charge in [0.05, 0.1) is 10.7 Å². The van der Waals surface area contributed by atoms with Crippen molar-refractivity contribution >= 4 is 11.3 Å². The average molecular weight is 318 g/mol. The molecule has 0 fully saturated rings. The Kier molecular flexibility index (Phi) is 4.95. The van der Waals surface area contributed by atoms with E-state index in [0.29, 0.717) is 13.2 Å². The number of nitrogens with zero attached hydrogens (tertiary/aromatic N) is 1. The van der Waals surface area contributed by atoms with E-state index >= 15 is 0 Å². The van der Waals surface area contributed by atoms with Crippen LogP contribution in [0.25, 0.3) is 11.3 Å². The Bertz CT molecular complexity index is 640. The van der Waals surface area contributed by atoms with Crippen LogP contribution in [0.1, 0.15) is 23.2 Å². The summed E-state index contributed by atoms with van der Waals surface area (Å²) in [7, 11) is 0. The van der Waals surface area contributed by atoms with Crippen LogP contribution in [0.4, 0.5) is 0 Å². The molecule has 5 heteroatoms. The third kappa shape index (κ3) is 3.42. The van der Waals surface area contributed by atoms with E-state index in [1.807, 2.05) is 12.1 Å². The third-order valence-corrected chi connectivity index (χ3v) is 4.63. The second-order valence-corrected chi connectivity index (χ2v) is 6.66. The summed E-state index contributed by atoms with van der Waals surface area (Å²) in [4.78, 5) is 6.06. The minimum Gasteiger partial charge on any atom is -0.486 e. The van der Waals surface area contributed by atoms with Crippen molar-refractivity contribution in [1.29, 1.82) is 0 Å². The zero-order chi connectivity index (χ0) is 15.4. The molecule has 0 saturated carbocycles. The molecular formula is C17H22N2O2S. The van der Waals surface area contributed by atoms with E-state index in [4.69, 9.17) is 14.5 Å². The number of thiazole rings is 1. The van der Waals surface area contributed by atoms with E-state index in [-0.39, 0.29) is 0 Å². The first-order chi connectivity index (χ1) is 10.8. The van der Waals surface area contributed by atoms with Crippen LogP contribution < -0.4 is 14.8 Å². The number of ether oxygens (including phenoxy) is 2. The Labute approximate surface area is 135 Å². The number of fused-ring (bicyclic) bond motifs is 1. The number of aromatic nitrogens is 1. The van der Waals surface area contributed by atoms with Crippen LogP contribution in [0.2, 0.25) is 0 Å². The van der Waals surface area contributed by atoms with Crippen molar-refractivity contribution < 1.29 is 9.47 Å². The van der Waals surface area contributed by atoms with Crippen LogP contribution >= 0.6 is 11.3 Å². The molecule has 0 spiro atoms. The molecule has 1 aliphatic heterocycles. The number of hydrogen-bond acceptors (Lipinski definition) is 5. The number of rotatable bonds is 6. The van der Waals surface area contributed by atoms with Crippen molar-refractivity contribution in [2.45, 2.75) is 26.7 Å². The fraction of sp³-hybridized carbons (Fsp3) is 0.471. The summed E-state index contributed by atoms with van der Waals surface area (Å²) in [6.45, 7) is 7.60. The van der Waals surface area contributed by atoms with E-state index in [1.54, 1.807) is 11.3 Å². The number of nitrogens with one attached hydrogen (secondary N) is 1. The van der Waals surface area contributed by atoms with E-state index in [2.05, 4.69) is 25.2 Å². The van der Waals surface area contributed by atoms with Gasteiger partial charge < -0.3 is 14.8 Å². The molecule has 0 aliphatic carbocycles. The molecule has 3 rings (SSSR count). The van der Waals surface area contributed by atoms with Crippen molar-refractivity contribution in [1.82, 2.24) is 10.3 Å². The molecule has 0 saturated heterocycles.